The lowest BCUT2D eigenvalue weighted by Gasteiger charge is -2.19. The van der Waals surface area contributed by atoms with Gasteiger partial charge >= 0.3 is 6.18 Å². The van der Waals surface area contributed by atoms with Gasteiger partial charge in [0.2, 0.25) is 0 Å². The molecule has 1 aliphatic rings. The van der Waals surface area contributed by atoms with Crippen LogP contribution in [0.3, 0.4) is 0 Å². The van der Waals surface area contributed by atoms with Gasteiger partial charge in [-0.05, 0) is 18.8 Å². The molecule has 3 nitrogen and oxygen atoms in total. The number of carbonyl (C=O) groups excluding carboxylic acids is 1. The molecule has 100 valence electrons. The van der Waals surface area contributed by atoms with Crippen molar-refractivity contribution < 1.29 is 27.2 Å². The predicted octanol–water partition coefficient (Wildman–Crippen LogP) is 3.29. The number of halogens is 3. The molecule has 0 bridgehead atoms. The van der Waals surface area contributed by atoms with Gasteiger partial charge in [0.1, 0.15) is 5.78 Å². The van der Waals surface area contributed by atoms with Gasteiger partial charge in [-0.2, -0.15) is 17.5 Å². The third kappa shape index (κ3) is 7.62. The van der Waals surface area contributed by atoms with E-state index >= 15 is 0 Å². The van der Waals surface area contributed by atoms with Gasteiger partial charge in [-0.25, -0.2) is 4.89 Å². The van der Waals surface area contributed by atoms with Crippen molar-refractivity contribution in [2.24, 2.45) is 5.92 Å². The Kier molecular flexibility index (Phi) is 6.29. The molecule has 0 aliphatic heterocycles. The van der Waals surface area contributed by atoms with Gasteiger partial charge in [0.25, 0.3) is 0 Å². The molecular weight excluding hydrogens is 257 g/mol. The molecule has 1 saturated carbocycles. The summed E-state index contributed by atoms with van der Waals surface area (Å²) in [6.45, 7) is 0.340. The average molecular weight is 272 g/mol. The van der Waals surface area contributed by atoms with Crippen molar-refractivity contribution in [1.29, 1.82) is 0 Å². The predicted molar refractivity (Wildman–Crippen MR) is 57.1 cm³/mol. The third-order valence-corrected chi connectivity index (χ3v) is 3.09. The van der Waals surface area contributed by atoms with Crippen molar-refractivity contribution in [3.63, 3.8) is 0 Å². The number of ketones is 1. The summed E-state index contributed by atoms with van der Waals surface area (Å²) in [6, 6.07) is 0. The summed E-state index contributed by atoms with van der Waals surface area (Å²) < 4.78 is 39.8. The minimum atomic E-state index is -4.15. The highest BCUT2D eigenvalue weighted by atomic mass is 32.2. The maximum atomic E-state index is 11.8. The molecule has 7 heteroatoms. The molecule has 0 aromatic heterocycles. The molecule has 0 aromatic rings. The van der Waals surface area contributed by atoms with E-state index in [1.807, 2.05) is 0 Å². The van der Waals surface area contributed by atoms with E-state index in [0.29, 0.717) is 31.5 Å². The average Bonchev–Trinajstić information content (AvgIpc) is 2.24. The summed E-state index contributed by atoms with van der Waals surface area (Å²) in [7, 11) is 0. The molecule has 0 radical (unpaired) electrons. The highest BCUT2D eigenvalue weighted by Crippen LogP contribution is 2.24. The smallest absolute Gasteiger partial charge is 0.300 e. The van der Waals surface area contributed by atoms with Crippen LogP contribution in [0, 0.1) is 5.92 Å². The second-order valence-electron chi connectivity index (χ2n) is 4.02. The van der Waals surface area contributed by atoms with Crippen molar-refractivity contribution in [2.45, 2.75) is 38.3 Å². The highest BCUT2D eigenvalue weighted by Gasteiger charge is 2.26. The van der Waals surface area contributed by atoms with Gasteiger partial charge in [-0.3, -0.25) is 4.79 Å². The number of rotatable bonds is 6. The fourth-order valence-corrected chi connectivity index (χ4v) is 2.02. The summed E-state index contributed by atoms with van der Waals surface area (Å²) in [5, 5.41) is 0. The quantitative estimate of drug-likeness (QED) is 0.322. The summed E-state index contributed by atoms with van der Waals surface area (Å²) in [5.74, 6) is 0.366. The molecule has 0 N–H and O–H groups in total. The summed E-state index contributed by atoms with van der Waals surface area (Å²) >= 11 is 0.660. The Morgan fingerprint density at radius 1 is 1.29 bits per heavy atom. The van der Waals surface area contributed by atoms with Crippen LogP contribution in [-0.4, -0.2) is 24.3 Å². The van der Waals surface area contributed by atoms with Crippen LogP contribution in [-0.2, 0) is 14.0 Å². The van der Waals surface area contributed by atoms with Crippen LogP contribution in [0.15, 0.2) is 0 Å². The van der Waals surface area contributed by atoms with E-state index in [4.69, 9.17) is 4.89 Å². The largest absolute Gasteiger partial charge is 0.389 e. The maximum absolute atomic E-state index is 11.8. The van der Waals surface area contributed by atoms with Crippen LogP contribution in [0.2, 0.25) is 0 Å². The van der Waals surface area contributed by atoms with Gasteiger partial charge in [0, 0.05) is 30.6 Å². The lowest BCUT2D eigenvalue weighted by atomic mass is 9.89. The molecule has 0 atom stereocenters. The van der Waals surface area contributed by atoms with Gasteiger partial charge < -0.3 is 0 Å². The molecule has 0 spiro atoms. The Labute approximate surface area is 102 Å². The highest BCUT2D eigenvalue weighted by molar-refractivity contribution is 7.94. The molecule has 1 fully saturated rings. The van der Waals surface area contributed by atoms with Crippen LogP contribution in [0.4, 0.5) is 13.2 Å². The topological polar surface area (TPSA) is 35.5 Å². The van der Waals surface area contributed by atoms with E-state index in [9.17, 15) is 18.0 Å². The van der Waals surface area contributed by atoms with Crippen LogP contribution in [0.5, 0.6) is 0 Å². The Morgan fingerprint density at radius 2 is 1.94 bits per heavy atom. The molecule has 0 aromatic carbocycles. The zero-order valence-corrected chi connectivity index (χ0v) is 10.1. The van der Waals surface area contributed by atoms with Gasteiger partial charge in [-0.1, -0.05) is 0 Å². The Bertz CT molecular complexity index is 235. The number of Topliss-reactive ketones (excluding diaryl/α,β-unsaturated/α-hetero) is 1. The standard InChI is InChI=1S/C10H15F3O3S/c11-10(12,13)5-6-17-16-15-7-8-1-3-9(14)4-2-8/h8H,1-7H2. The molecule has 0 heterocycles. The molecular formula is C10H15F3O3S. The number of hydrogen-bond acceptors (Lipinski definition) is 4. The number of carbonyl (C=O) groups is 1. The van der Waals surface area contributed by atoms with Crippen molar-refractivity contribution >= 4 is 17.8 Å². The van der Waals surface area contributed by atoms with E-state index in [-0.39, 0.29) is 17.5 Å². The monoisotopic (exact) mass is 272 g/mol. The fourth-order valence-electron chi connectivity index (χ4n) is 1.52. The minimum absolute atomic E-state index is 0.174. The van der Waals surface area contributed by atoms with E-state index in [1.165, 1.54) is 0 Å². The molecule has 1 rings (SSSR count). The number of hydrogen-bond donors (Lipinski definition) is 0. The van der Waals surface area contributed by atoms with E-state index < -0.39 is 12.6 Å². The second-order valence-corrected chi connectivity index (χ2v) is 4.80. The summed E-state index contributed by atoms with van der Waals surface area (Å²) in [4.78, 5) is 15.7. The van der Waals surface area contributed by atoms with E-state index in [0.717, 1.165) is 12.8 Å². The minimum Gasteiger partial charge on any atom is -0.300 e. The van der Waals surface area contributed by atoms with Gasteiger partial charge in [0.15, 0.2) is 0 Å². The first-order valence-corrected chi connectivity index (χ1v) is 6.38. The normalized spacial score (nSPS) is 18.6. The Balaban J connectivity index is 1.92. The SMILES string of the molecule is O=C1CCC(COOSCCC(F)(F)F)CC1. The van der Waals surface area contributed by atoms with Crippen LogP contribution in [0.25, 0.3) is 0 Å². The third-order valence-electron chi connectivity index (χ3n) is 2.53. The number of alkyl halides is 3. The summed E-state index contributed by atoms with van der Waals surface area (Å²) in [5.41, 5.74) is 0. The van der Waals surface area contributed by atoms with Crippen molar-refractivity contribution in [2.75, 3.05) is 12.4 Å². The van der Waals surface area contributed by atoms with Crippen molar-refractivity contribution in [3.05, 3.63) is 0 Å². The molecule has 0 unspecified atom stereocenters. The van der Waals surface area contributed by atoms with Crippen molar-refractivity contribution in [1.82, 2.24) is 0 Å². The first-order chi connectivity index (χ1) is 7.97. The molecule has 1 aliphatic carbocycles. The van der Waals surface area contributed by atoms with Crippen LogP contribution in [0.1, 0.15) is 32.1 Å². The van der Waals surface area contributed by atoms with Gasteiger partial charge in [-0.15, -0.1) is 0 Å². The summed E-state index contributed by atoms with van der Waals surface area (Å²) in [6.07, 6.45) is -2.37. The Morgan fingerprint density at radius 3 is 2.53 bits per heavy atom. The first-order valence-electron chi connectivity index (χ1n) is 5.47. The maximum Gasteiger partial charge on any atom is 0.389 e. The molecule has 0 saturated heterocycles. The van der Waals surface area contributed by atoms with Crippen molar-refractivity contribution in [3.8, 4) is 0 Å². The zero-order valence-electron chi connectivity index (χ0n) is 9.29. The lowest BCUT2D eigenvalue weighted by molar-refractivity contribution is -0.203. The second kappa shape index (κ2) is 7.23. The van der Waals surface area contributed by atoms with Crippen LogP contribution >= 0.6 is 12.0 Å². The fraction of sp³-hybridized carbons (Fsp3) is 0.900. The molecule has 17 heavy (non-hydrogen) atoms. The van der Waals surface area contributed by atoms with E-state index in [1.54, 1.807) is 0 Å². The van der Waals surface area contributed by atoms with Gasteiger partial charge in [0.05, 0.1) is 13.0 Å². The molecule has 0 amide bonds. The Hall–Kier alpha value is -0.270. The lowest BCUT2D eigenvalue weighted by Crippen LogP contribution is -2.18. The zero-order chi connectivity index (χ0) is 12.7. The van der Waals surface area contributed by atoms with Crippen LogP contribution < -0.4 is 0 Å². The first kappa shape index (κ1) is 14.8. The van der Waals surface area contributed by atoms with E-state index in [2.05, 4.69) is 4.33 Å².